The summed E-state index contributed by atoms with van der Waals surface area (Å²) in [7, 11) is 5.68. The molecular weight excluding hydrogens is 272 g/mol. The average Bonchev–Trinajstić information content (AvgIpc) is 2.48. The second kappa shape index (κ2) is 6.73. The fourth-order valence-corrected chi connectivity index (χ4v) is 2.49. The number of methoxy groups -OCH3 is 1. The Bertz CT molecular complexity index is 509. The highest BCUT2D eigenvalue weighted by Crippen LogP contribution is 2.29. The van der Waals surface area contributed by atoms with Gasteiger partial charge >= 0.3 is 0 Å². The lowest BCUT2D eigenvalue weighted by Gasteiger charge is -2.37. The summed E-state index contributed by atoms with van der Waals surface area (Å²) in [5.74, 6) is 0.488. The minimum Gasteiger partial charge on any atom is -0.496 e. The van der Waals surface area contributed by atoms with Crippen LogP contribution < -0.4 is 10.1 Å². The summed E-state index contributed by atoms with van der Waals surface area (Å²) in [5, 5.41) is 14.3. The summed E-state index contributed by atoms with van der Waals surface area (Å²) in [6.07, 6.45) is 0. The molecule has 1 heterocycles. The van der Waals surface area contributed by atoms with Crippen molar-refractivity contribution in [2.45, 2.75) is 6.04 Å². The number of hydrogen-bond donors (Lipinski definition) is 1. The zero-order valence-electron chi connectivity index (χ0n) is 12.7. The van der Waals surface area contributed by atoms with Crippen molar-refractivity contribution in [3.8, 4) is 5.75 Å². The highest BCUT2D eigenvalue weighted by molar-refractivity contribution is 5.63. The normalized spacial score (nSPS) is 20.2. The third kappa shape index (κ3) is 3.83. The number of rotatable bonds is 5. The molecule has 1 N–H and O–H groups in total. The molecule has 0 radical (unpaired) electrons. The van der Waals surface area contributed by atoms with E-state index in [0.717, 1.165) is 19.6 Å². The minimum absolute atomic E-state index is 0.0427. The Morgan fingerprint density at radius 1 is 1.43 bits per heavy atom. The van der Waals surface area contributed by atoms with E-state index in [-0.39, 0.29) is 10.6 Å². The summed E-state index contributed by atoms with van der Waals surface area (Å²) in [6.45, 7) is 3.69. The highest BCUT2D eigenvalue weighted by Gasteiger charge is 2.23. The second-order valence-electron chi connectivity index (χ2n) is 5.42. The van der Waals surface area contributed by atoms with Gasteiger partial charge in [0.15, 0.2) is 0 Å². The molecule has 0 amide bonds. The van der Waals surface area contributed by atoms with Gasteiger partial charge in [0.25, 0.3) is 5.69 Å². The number of nitrogens with one attached hydrogen (secondary N) is 1. The maximum atomic E-state index is 11.1. The van der Waals surface area contributed by atoms with Gasteiger partial charge in [0.1, 0.15) is 11.4 Å². The molecule has 21 heavy (non-hydrogen) atoms. The number of likely N-dealkylation sites (N-methyl/N-ethyl adjacent to an activating group) is 2. The predicted octanol–water partition coefficient (Wildman–Crippen LogP) is 1.26. The summed E-state index contributed by atoms with van der Waals surface area (Å²) in [4.78, 5) is 15.3. The molecule has 116 valence electrons. The van der Waals surface area contributed by atoms with E-state index in [1.165, 1.54) is 13.2 Å². The molecule has 0 aliphatic carbocycles. The zero-order chi connectivity index (χ0) is 15.4. The molecule has 1 unspecified atom stereocenters. The topological polar surface area (TPSA) is 70.9 Å². The molecule has 1 aliphatic rings. The molecule has 1 fully saturated rings. The van der Waals surface area contributed by atoms with Crippen LogP contribution in [0.15, 0.2) is 18.2 Å². The van der Waals surface area contributed by atoms with Crippen molar-refractivity contribution < 1.29 is 9.66 Å². The van der Waals surface area contributed by atoms with Crippen molar-refractivity contribution in [3.05, 3.63) is 28.3 Å². The third-order valence-electron chi connectivity index (χ3n) is 3.91. The second-order valence-corrected chi connectivity index (χ2v) is 5.42. The van der Waals surface area contributed by atoms with Gasteiger partial charge in [-0.15, -0.1) is 0 Å². The van der Waals surface area contributed by atoms with E-state index in [2.05, 4.69) is 29.2 Å². The number of piperazine rings is 1. The van der Waals surface area contributed by atoms with Gasteiger partial charge in [-0.05, 0) is 26.2 Å². The average molecular weight is 294 g/mol. The fourth-order valence-electron chi connectivity index (χ4n) is 2.49. The van der Waals surface area contributed by atoms with Crippen LogP contribution in [0.5, 0.6) is 5.75 Å². The van der Waals surface area contributed by atoms with Gasteiger partial charge in [-0.25, -0.2) is 0 Å². The summed E-state index contributed by atoms with van der Waals surface area (Å²) >= 11 is 0. The Hall–Kier alpha value is -1.86. The molecular formula is C14H22N4O3. The van der Waals surface area contributed by atoms with E-state index < -0.39 is 0 Å². The van der Waals surface area contributed by atoms with Crippen molar-refractivity contribution in [3.63, 3.8) is 0 Å². The smallest absolute Gasteiger partial charge is 0.296 e. The first kappa shape index (κ1) is 15.5. The van der Waals surface area contributed by atoms with E-state index in [1.54, 1.807) is 12.1 Å². The van der Waals surface area contributed by atoms with Crippen molar-refractivity contribution in [1.29, 1.82) is 0 Å². The minimum atomic E-state index is -0.387. The van der Waals surface area contributed by atoms with Gasteiger partial charge in [0.05, 0.1) is 18.1 Å². The van der Waals surface area contributed by atoms with Gasteiger partial charge in [0, 0.05) is 32.2 Å². The first-order valence-corrected chi connectivity index (χ1v) is 6.96. The molecule has 1 aromatic carbocycles. The summed E-state index contributed by atoms with van der Waals surface area (Å²) < 4.78 is 5.04. The van der Waals surface area contributed by atoms with Crippen LogP contribution in [0.3, 0.4) is 0 Å². The van der Waals surface area contributed by atoms with Gasteiger partial charge in [0.2, 0.25) is 0 Å². The van der Waals surface area contributed by atoms with Crippen molar-refractivity contribution in [2.24, 2.45) is 0 Å². The summed E-state index contributed by atoms with van der Waals surface area (Å²) in [6, 6.07) is 5.21. The Morgan fingerprint density at radius 3 is 2.86 bits per heavy atom. The van der Waals surface area contributed by atoms with E-state index in [1.807, 2.05) is 0 Å². The van der Waals surface area contributed by atoms with Crippen LogP contribution in [0, 0.1) is 10.1 Å². The lowest BCUT2D eigenvalue weighted by molar-refractivity contribution is -0.384. The van der Waals surface area contributed by atoms with Gasteiger partial charge in [-0.1, -0.05) is 0 Å². The van der Waals surface area contributed by atoms with Crippen molar-refractivity contribution in [1.82, 2.24) is 9.80 Å². The number of hydrogen-bond acceptors (Lipinski definition) is 6. The lowest BCUT2D eigenvalue weighted by atomic mass is 10.1. The number of nitro groups is 1. The van der Waals surface area contributed by atoms with Gasteiger partial charge in [-0.3, -0.25) is 15.0 Å². The maximum absolute atomic E-state index is 11.1. The third-order valence-corrected chi connectivity index (χ3v) is 3.91. The standard InChI is InChI=1S/C14H22N4O3/c1-16-6-7-17(2)11(10-16)9-15-13-5-4-12(21-3)8-14(13)18(19)20/h4-5,8,11,15H,6-7,9-10H2,1-3H3. The molecule has 1 atom stereocenters. The SMILES string of the molecule is COc1ccc(NCC2CN(C)CCN2C)c([N+](=O)[O-])c1. The van der Waals surface area contributed by atoms with E-state index >= 15 is 0 Å². The number of ether oxygens (including phenoxy) is 1. The molecule has 7 nitrogen and oxygen atoms in total. The van der Waals surface area contributed by atoms with Crippen LogP contribution in [0.4, 0.5) is 11.4 Å². The Balaban J connectivity index is 2.07. The molecule has 1 aromatic rings. The highest BCUT2D eigenvalue weighted by atomic mass is 16.6. The van der Waals surface area contributed by atoms with Gasteiger partial charge < -0.3 is 15.0 Å². The number of benzene rings is 1. The van der Waals surface area contributed by atoms with E-state index in [0.29, 0.717) is 24.0 Å². The molecule has 1 aliphatic heterocycles. The molecule has 0 spiro atoms. The van der Waals surface area contributed by atoms with Crippen molar-refractivity contribution >= 4 is 11.4 Å². The first-order valence-electron chi connectivity index (χ1n) is 6.96. The van der Waals surface area contributed by atoms with Crippen LogP contribution >= 0.6 is 0 Å². The molecule has 1 saturated heterocycles. The molecule has 7 heteroatoms. The van der Waals surface area contributed by atoms with Crippen LogP contribution in [0.25, 0.3) is 0 Å². The lowest BCUT2D eigenvalue weighted by Crippen LogP contribution is -2.52. The Morgan fingerprint density at radius 2 is 2.19 bits per heavy atom. The molecule has 0 bridgehead atoms. The van der Waals surface area contributed by atoms with E-state index in [9.17, 15) is 10.1 Å². The quantitative estimate of drug-likeness (QED) is 0.651. The van der Waals surface area contributed by atoms with Gasteiger partial charge in [-0.2, -0.15) is 0 Å². The van der Waals surface area contributed by atoms with Crippen LogP contribution in [-0.4, -0.2) is 68.1 Å². The largest absolute Gasteiger partial charge is 0.496 e. The number of nitrogens with zero attached hydrogens (tertiary/aromatic N) is 3. The van der Waals surface area contributed by atoms with Crippen LogP contribution in [0.1, 0.15) is 0 Å². The summed E-state index contributed by atoms with van der Waals surface area (Å²) in [5.41, 5.74) is 0.573. The van der Waals surface area contributed by atoms with Crippen molar-refractivity contribution in [2.75, 3.05) is 52.7 Å². The Kier molecular flexibility index (Phi) is 4.98. The maximum Gasteiger partial charge on any atom is 0.296 e. The monoisotopic (exact) mass is 294 g/mol. The fraction of sp³-hybridized carbons (Fsp3) is 0.571. The number of anilines is 1. The van der Waals surface area contributed by atoms with Crippen LogP contribution in [-0.2, 0) is 0 Å². The number of nitro benzene ring substituents is 1. The predicted molar refractivity (Wildman–Crippen MR) is 82.1 cm³/mol. The zero-order valence-corrected chi connectivity index (χ0v) is 12.7. The van der Waals surface area contributed by atoms with E-state index in [4.69, 9.17) is 4.74 Å². The Labute approximate surface area is 124 Å². The first-order chi connectivity index (χ1) is 10.0. The van der Waals surface area contributed by atoms with Crippen LogP contribution in [0.2, 0.25) is 0 Å². The molecule has 0 saturated carbocycles. The molecule has 2 rings (SSSR count). The molecule has 0 aromatic heterocycles.